The van der Waals surface area contributed by atoms with Crippen LogP contribution in [0, 0.1) is 3.57 Å². The molecule has 0 aliphatic carbocycles. The van der Waals surface area contributed by atoms with Crippen LogP contribution in [0.25, 0.3) is 22.2 Å². The summed E-state index contributed by atoms with van der Waals surface area (Å²) in [5.41, 5.74) is 2.81. The van der Waals surface area contributed by atoms with E-state index in [4.69, 9.17) is 16.3 Å². The van der Waals surface area contributed by atoms with Crippen molar-refractivity contribution in [3.05, 3.63) is 45.0 Å². The summed E-state index contributed by atoms with van der Waals surface area (Å²) in [5, 5.41) is 1.48. The van der Waals surface area contributed by atoms with E-state index in [-0.39, 0.29) is 5.91 Å². The van der Waals surface area contributed by atoms with Gasteiger partial charge in [-0.25, -0.2) is 4.98 Å². The van der Waals surface area contributed by atoms with Crippen molar-refractivity contribution < 1.29 is 9.53 Å². The fourth-order valence-corrected chi connectivity index (χ4v) is 5.08. The summed E-state index contributed by atoms with van der Waals surface area (Å²) in [6, 6.07) is 2.92. The maximum absolute atomic E-state index is 12.3. The number of ether oxygens (including phenoxy) is 1. The zero-order valence-corrected chi connectivity index (χ0v) is 21.8. The van der Waals surface area contributed by atoms with E-state index in [1.807, 2.05) is 10.8 Å². The molecular weight excluding hydrogens is 531 g/mol. The number of amides is 1. The predicted molar refractivity (Wildman–Crippen MR) is 133 cm³/mol. The molecule has 0 aromatic carbocycles. The summed E-state index contributed by atoms with van der Waals surface area (Å²) in [7, 11) is 2.31. The Hall–Kier alpha value is -1.49. The quantitative estimate of drug-likeness (QED) is 0.223. The van der Waals surface area contributed by atoms with Crippen molar-refractivity contribution in [3.8, 4) is 11.1 Å². The Morgan fingerprint density at radius 2 is 2.00 bits per heavy atom. The van der Waals surface area contributed by atoms with Crippen molar-refractivity contribution in [1.29, 1.82) is 0 Å². The Kier molecular flexibility index (Phi) is 7.21. The molecule has 6 nitrogen and oxygen atoms in total. The van der Waals surface area contributed by atoms with Crippen LogP contribution in [0.2, 0.25) is 30.7 Å². The maximum atomic E-state index is 12.3. The van der Waals surface area contributed by atoms with Crippen molar-refractivity contribution in [2.24, 2.45) is 0 Å². The fraction of sp³-hybridized carbons (Fsp3) is 0.381. The van der Waals surface area contributed by atoms with E-state index in [1.165, 1.54) is 4.90 Å². The predicted octanol–water partition coefficient (Wildman–Crippen LogP) is 5.37. The van der Waals surface area contributed by atoms with Crippen LogP contribution in [0.1, 0.15) is 10.4 Å². The third kappa shape index (κ3) is 5.21. The molecule has 0 saturated heterocycles. The standard InChI is InChI=1S/C21H26ClIN4O2Si/c1-26(2)21(28)15-8-14(9-24-10-15)16-11-25-20-18(19(16)22)17(23)12-27(20)13-29-6-7-30(3,4)5/h8-12H,6-7,13H2,1-5H3. The van der Waals surface area contributed by atoms with E-state index >= 15 is 0 Å². The van der Waals surface area contributed by atoms with E-state index in [1.54, 1.807) is 38.8 Å². The Bertz CT molecular complexity index is 1080. The monoisotopic (exact) mass is 556 g/mol. The zero-order chi connectivity index (χ0) is 22.1. The molecule has 0 aliphatic rings. The molecule has 3 aromatic rings. The minimum Gasteiger partial charge on any atom is -0.361 e. The first-order chi connectivity index (χ1) is 14.1. The molecule has 30 heavy (non-hydrogen) atoms. The van der Waals surface area contributed by atoms with Gasteiger partial charge in [0.2, 0.25) is 0 Å². The topological polar surface area (TPSA) is 60.2 Å². The number of carbonyl (C=O) groups is 1. The van der Waals surface area contributed by atoms with Gasteiger partial charge in [-0.2, -0.15) is 0 Å². The number of rotatable bonds is 7. The van der Waals surface area contributed by atoms with Gasteiger partial charge in [0.15, 0.2) is 0 Å². The lowest BCUT2D eigenvalue weighted by molar-refractivity contribution is 0.0827. The van der Waals surface area contributed by atoms with E-state index < -0.39 is 8.07 Å². The highest BCUT2D eigenvalue weighted by Gasteiger charge is 2.18. The smallest absolute Gasteiger partial charge is 0.254 e. The maximum Gasteiger partial charge on any atom is 0.254 e. The largest absolute Gasteiger partial charge is 0.361 e. The number of pyridine rings is 2. The van der Waals surface area contributed by atoms with Gasteiger partial charge in [-0.3, -0.25) is 9.78 Å². The fourth-order valence-electron chi connectivity index (χ4n) is 2.97. The molecule has 0 atom stereocenters. The van der Waals surface area contributed by atoms with Crippen LogP contribution in [-0.4, -0.2) is 54.1 Å². The van der Waals surface area contributed by atoms with Crippen LogP contribution in [-0.2, 0) is 11.5 Å². The SMILES string of the molecule is CN(C)C(=O)c1cncc(-c2cnc3c(c(I)cn3COCC[Si](C)(C)C)c2Cl)c1. The van der Waals surface area contributed by atoms with Crippen LogP contribution < -0.4 is 0 Å². The first kappa shape index (κ1) is 23.2. The van der Waals surface area contributed by atoms with Crippen LogP contribution in [0.4, 0.5) is 0 Å². The normalized spacial score (nSPS) is 11.8. The van der Waals surface area contributed by atoms with Gasteiger partial charge in [-0.15, -0.1) is 0 Å². The van der Waals surface area contributed by atoms with E-state index in [2.05, 4.69) is 52.2 Å². The number of hydrogen-bond acceptors (Lipinski definition) is 4. The molecule has 1 amide bonds. The average molecular weight is 557 g/mol. The van der Waals surface area contributed by atoms with Gasteiger partial charge in [-0.05, 0) is 34.7 Å². The lowest BCUT2D eigenvalue weighted by atomic mass is 10.1. The minimum absolute atomic E-state index is 0.106. The minimum atomic E-state index is -1.12. The number of aromatic nitrogens is 3. The van der Waals surface area contributed by atoms with Gasteiger partial charge in [0.05, 0.1) is 16.0 Å². The Labute approximate surface area is 196 Å². The van der Waals surface area contributed by atoms with Gasteiger partial charge in [-0.1, -0.05) is 31.2 Å². The van der Waals surface area contributed by atoms with Crippen molar-refractivity contribution in [3.63, 3.8) is 0 Å². The molecule has 160 valence electrons. The van der Waals surface area contributed by atoms with Crippen molar-refractivity contribution >= 4 is 59.2 Å². The van der Waals surface area contributed by atoms with Gasteiger partial charge < -0.3 is 14.2 Å². The summed E-state index contributed by atoms with van der Waals surface area (Å²) < 4.78 is 8.89. The highest BCUT2D eigenvalue weighted by atomic mass is 127. The summed E-state index contributed by atoms with van der Waals surface area (Å²) in [6.07, 6.45) is 7.00. The van der Waals surface area contributed by atoms with Crippen LogP contribution in [0.3, 0.4) is 0 Å². The number of halogens is 2. The average Bonchev–Trinajstić information content (AvgIpc) is 3.00. The second-order valence-electron chi connectivity index (χ2n) is 8.64. The summed E-state index contributed by atoms with van der Waals surface area (Å²) in [6.45, 7) is 8.20. The number of nitrogens with zero attached hydrogens (tertiary/aromatic N) is 4. The summed E-state index contributed by atoms with van der Waals surface area (Å²) >= 11 is 9.06. The molecule has 0 unspecified atom stereocenters. The first-order valence-electron chi connectivity index (χ1n) is 9.66. The van der Waals surface area contributed by atoms with E-state index in [0.717, 1.165) is 38.4 Å². The molecule has 3 heterocycles. The zero-order valence-electron chi connectivity index (χ0n) is 17.9. The number of hydrogen-bond donors (Lipinski definition) is 0. The molecule has 0 aliphatic heterocycles. The van der Waals surface area contributed by atoms with Crippen LogP contribution in [0.15, 0.2) is 30.9 Å². The molecule has 0 bridgehead atoms. The molecule has 3 aromatic heterocycles. The molecule has 9 heteroatoms. The summed E-state index contributed by atoms with van der Waals surface area (Å²) in [5.74, 6) is -0.106. The highest BCUT2D eigenvalue weighted by Crippen LogP contribution is 2.36. The first-order valence-corrected chi connectivity index (χ1v) is 14.8. The second-order valence-corrected chi connectivity index (χ2v) is 15.8. The van der Waals surface area contributed by atoms with Crippen molar-refractivity contribution in [2.45, 2.75) is 32.4 Å². The van der Waals surface area contributed by atoms with Gasteiger partial charge in [0.1, 0.15) is 12.4 Å². The third-order valence-electron chi connectivity index (χ3n) is 4.70. The Morgan fingerprint density at radius 3 is 2.67 bits per heavy atom. The lowest BCUT2D eigenvalue weighted by Gasteiger charge is -2.15. The van der Waals surface area contributed by atoms with Gasteiger partial charge in [0.25, 0.3) is 5.91 Å². The summed E-state index contributed by atoms with van der Waals surface area (Å²) in [4.78, 5) is 22.7. The Morgan fingerprint density at radius 1 is 1.27 bits per heavy atom. The highest BCUT2D eigenvalue weighted by molar-refractivity contribution is 14.1. The Balaban J connectivity index is 1.91. The number of carbonyl (C=O) groups excluding carboxylic acids is 1. The molecule has 0 spiro atoms. The molecular formula is C21H26ClIN4O2Si. The lowest BCUT2D eigenvalue weighted by Crippen LogP contribution is -2.22. The molecule has 0 saturated carbocycles. The van der Waals surface area contributed by atoms with E-state index in [0.29, 0.717) is 17.3 Å². The molecule has 3 rings (SSSR count). The van der Waals surface area contributed by atoms with Gasteiger partial charge in [0, 0.05) is 68.3 Å². The second kappa shape index (κ2) is 9.33. The molecule has 0 N–H and O–H groups in total. The molecule has 0 radical (unpaired) electrons. The van der Waals surface area contributed by atoms with Crippen molar-refractivity contribution in [2.75, 3.05) is 20.7 Å². The van der Waals surface area contributed by atoms with Gasteiger partial charge >= 0.3 is 0 Å². The van der Waals surface area contributed by atoms with E-state index in [9.17, 15) is 4.79 Å². The molecule has 0 fully saturated rings. The van der Waals surface area contributed by atoms with Crippen LogP contribution in [0.5, 0.6) is 0 Å². The van der Waals surface area contributed by atoms with Crippen molar-refractivity contribution in [1.82, 2.24) is 19.4 Å². The number of fused-ring (bicyclic) bond motifs is 1. The van der Waals surface area contributed by atoms with Crippen LogP contribution >= 0.6 is 34.2 Å². The third-order valence-corrected chi connectivity index (χ3v) is 7.62.